The van der Waals surface area contributed by atoms with Gasteiger partial charge < -0.3 is 10.1 Å². The summed E-state index contributed by atoms with van der Waals surface area (Å²) in [7, 11) is 0. The van der Waals surface area contributed by atoms with Crippen LogP contribution < -0.4 is 5.32 Å². The largest absolute Gasteiger partial charge is 0.380 e. The van der Waals surface area contributed by atoms with Gasteiger partial charge >= 0.3 is 0 Å². The van der Waals surface area contributed by atoms with E-state index in [9.17, 15) is 4.39 Å². The molecule has 4 nitrogen and oxygen atoms in total. The van der Waals surface area contributed by atoms with Gasteiger partial charge in [-0.3, -0.25) is 0 Å². The summed E-state index contributed by atoms with van der Waals surface area (Å²) in [4.78, 5) is 7.24. The molecular weight excluding hydrogens is 233 g/mol. The molecule has 0 radical (unpaired) electrons. The second-order valence-corrected chi connectivity index (χ2v) is 3.57. The average molecular weight is 248 g/mol. The van der Waals surface area contributed by atoms with Crippen molar-refractivity contribution < 1.29 is 9.13 Å². The molecule has 0 aromatic carbocycles. The quantitative estimate of drug-likeness (QED) is 0.594. The lowest BCUT2D eigenvalue weighted by molar-refractivity contribution is 0.141. The van der Waals surface area contributed by atoms with Gasteiger partial charge in [-0.15, -0.1) is 0 Å². The van der Waals surface area contributed by atoms with E-state index in [1.54, 1.807) is 0 Å². The molecule has 0 aliphatic heterocycles. The van der Waals surface area contributed by atoms with Gasteiger partial charge in [0.1, 0.15) is 0 Å². The molecule has 0 saturated heterocycles. The molecule has 90 valence electrons. The van der Waals surface area contributed by atoms with E-state index < -0.39 is 5.82 Å². The predicted molar refractivity (Wildman–Crippen MR) is 61.2 cm³/mol. The maximum Gasteiger partial charge on any atom is 0.224 e. The molecule has 0 aliphatic rings. The van der Waals surface area contributed by atoms with Crippen molar-refractivity contribution in [2.24, 2.45) is 0 Å². The van der Waals surface area contributed by atoms with Crippen LogP contribution in [0.4, 0.5) is 10.2 Å². The molecule has 16 heavy (non-hydrogen) atoms. The van der Waals surface area contributed by atoms with Crippen LogP contribution in [0.3, 0.4) is 0 Å². The SMILES string of the molecule is CCCCOCCNc1nc(Cl)ncc1F. The summed E-state index contributed by atoms with van der Waals surface area (Å²) in [5, 5.41) is 2.82. The van der Waals surface area contributed by atoms with Gasteiger partial charge in [0, 0.05) is 13.2 Å². The number of hydrogen-bond donors (Lipinski definition) is 1. The fourth-order valence-electron chi connectivity index (χ4n) is 1.06. The first-order valence-electron chi connectivity index (χ1n) is 5.23. The van der Waals surface area contributed by atoms with Crippen LogP contribution in [0, 0.1) is 5.82 Å². The van der Waals surface area contributed by atoms with E-state index in [1.807, 2.05) is 0 Å². The van der Waals surface area contributed by atoms with Crippen LogP contribution >= 0.6 is 11.6 Å². The zero-order valence-corrected chi connectivity index (χ0v) is 9.93. The molecule has 1 aromatic heterocycles. The summed E-state index contributed by atoms with van der Waals surface area (Å²) in [6.45, 7) is 3.83. The van der Waals surface area contributed by atoms with E-state index in [0.29, 0.717) is 13.2 Å². The Morgan fingerprint density at radius 2 is 2.31 bits per heavy atom. The molecule has 0 saturated carbocycles. The molecule has 0 atom stereocenters. The Kier molecular flexibility index (Phi) is 6.03. The van der Waals surface area contributed by atoms with Crippen LogP contribution in [0.1, 0.15) is 19.8 Å². The Morgan fingerprint density at radius 1 is 1.50 bits per heavy atom. The van der Waals surface area contributed by atoms with Crippen molar-refractivity contribution >= 4 is 17.4 Å². The lowest BCUT2D eigenvalue weighted by atomic mass is 10.4. The number of halogens is 2. The van der Waals surface area contributed by atoms with E-state index in [-0.39, 0.29) is 11.1 Å². The minimum absolute atomic E-state index is 0.0239. The molecule has 0 fully saturated rings. The molecule has 1 aromatic rings. The fourth-order valence-corrected chi connectivity index (χ4v) is 1.19. The second kappa shape index (κ2) is 7.35. The van der Waals surface area contributed by atoms with Gasteiger partial charge in [0.2, 0.25) is 5.28 Å². The number of anilines is 1. The van der Waals surface area contributed by atoms with E-state index in [0.717, 1.165) is 25.6 Å². The highest BCUT2D eigenvalue weighted by atomic mass is 35.5. The summed E-state index contributed by atoms with van der Waals surface area (Å²) in [6.07, 6.45) is 3.17. The molecule has 0 amide bonds. The Balaban J connectivity index is 2.23. The van der Waals surface area contributed by atoms with Crippen LogP contribution in [-0.2, 0) is 4.74 Å². The topological polar surface area (TPSA) is 47.0 Å². The Morgan fingerprint density at radius 3 is 3.06 bits per heavy atom. The summed E-state index contributed by atoms with van der Waals surface area (Å²) in [5.41, 5.74) is 0. The van der Waals surface area contributed by atoms with Crippen molar-refractivity contribution in [3.05, 3.63) is 17.3 Å². The Labute approximate surface area is 99.2 Å². The van der Waals surface area contributed by atoms with Gasteiger partial charge in [-0.05, 0) is 18.0 Å². The lowest BCUT2D eigenvalue weighted by Gasteiger charge is -2.06. The van der Waals surface area contributed by atoms with Crippen LogP contribution in [-0.4, -0.2) is 29.7 Å². The highest BCUT2D eigenvalue weighted by Gasteiger charge is 2.04. The number of ether oxygens (including phenoxy) is 1. The molecule has 1 rings (SSSR count). The first-order chi connectivity index (χ1) is 7.74. The number of nitrogens with zero attached hydrogens (tertiary/aromatic N) is 2. The maximum absolute atomic E-state index is 13.1. The van der Waals surface area contributed by atoms with Crippen LogP contribution in [0.5, 0.6) is 0 Å². The Hall–Kier alpha value is -0.940. The number of hydrogen-bond acceptors (Lipinski definition) is 4. The predicted octanol–water partition coefficient (Wildman–Crippen LogP) is 2.50. The molecule has 6 heteroatoms. The Bertz CT molecular complexity index is 325. The van der Waals surface area contributed by atoms with E-state index in [1.165, 1.54) is 0 Å². The second-order valence-electron chi connectivity index (χ2n) is 3.23. The molecule has 0 bridgehead atoms. The van der Waals surface area contributed by atoms with Crippen molar-refractivity contribution in [1.82, 2.24) is 9.97 Å². The van der Waals surface area contributed by atoms with Crippen molar-refractivity contribution in [1.29, 1.82) is 0 Å². The minimum Gasteiger partial charge on any atom is -0.380 e. The van der Waals surface area contributed by atoms with Crippen molar-refractivity contribution in [2.75, 3.05) is 25.1 Å². The minimum atomic E-state index is -0.516. The molecule has 0 spiro atoms. The molecular formula is C10H15ClFN3O. The number of nitrogens with one attached hydrogen (secondary N) is 1. The number of unbranched alkanes of at least 4 members (excludes halogenated alkanes) is 1. The third kappa shape index (κ3) is 4.72. The monoisotopic (exact) mass is 247 g/mol. The number of aromatic nitrogens is 2. The zero-order valence-electron chi connectivity index (χ0n) is 9.17. The number of rotatable bonds is 7. The fraction of sp³-hybridized carbons (Fsp3) is 0.600. The zero-order chi connectivity index (χ0) is 11.8. The normalized spacial score (nSPS) is 10.4. The maximum atomic E-state index is 13.1. The van der Waals surface area contributed by atoms with E-state index >= 15 is 0 Å². The molecule has 1 heterocycles. The lowest BCUT2D eigenvalue weighted by Crippen LogP contribution is -2.12. The smallest absolute Gasteiger partial charge is 0.224 e. The summed E-state index contributed by atoms with van der Waals surface area (Å²) >= 11 is 5.54. The summed E-state index contributed by atoms with van der Waals surface area (Å²) < 4.78 is 18.4. The van der Waals surface area contributed by atoms with Gasteiger partial charge in [-0.25, -0.2) is 9.37 Å². The first kappa shape index (κ1) is 13.1. The standard InChI is InChI=1S/C10H15ClFN3O/c1-2-3-5-16-6-4-13-9-8(12)7-14-10(11)15-9/h7H,2-6H2,1H3,(H,13,14,15). The van der Waals surface area contributed by atoms with Gasteiger partial charge in [0.25, 0.3) is 0 Å². The van der Waals surface area contributed by atoms with E-state index in [2.05, 4.69) is 22.2 Å². The van der Waals surface area contributed by atoms with E-state index in [4.69, 9.17) is 16.3 Å². The molecule has 1 N–H and O–H groups in total. The van der Waals surface area contributed by atoms with Crippen molar-refractivity contribution in [2.45, 2.75) is 19.8 Å². The van der Waals surface area contributed by atoms with Crippen molar-refractivity contribution in [3.8, 4) is 0 Å². The molecule has 0 unspecified atom stereocenters. The third-order valence-corrected chi connectivity index (χ3v) is 2.08. The van der Waals surface area contributed by atoms with Gasteiger partial charge in [0.05, 0.1) is 12.8 Å². The van der Waals surface area contributed by atoms with Crippen LogP contribution in [0.2, 0.25) is 5.28 Å². The third-order valence-electron chi connectivity index (χ3n) is 1.90. The first-order valence-corrected chi connectivity index (χ1v) is 5.61. The summed E-state index contributed by atoms with van der Waals surface area (Å²) in [6, 6.07) is 0. The van der Waals surface area contributed by atoms with Gasteiger partial charge in [0.15, 0.2) is 11.6 Å². The average Bonchev–Trinajstić information content (AvgIpc) is 2.28. The van der Waals surface area contributed by atoms with Crippen molar-refractivity contribution in [3.63, 3.8) is 0 Å². The molecule has 0 aliphatic carbocycles. The van der Waals surface area contributed by atoms with Crippen LogP contribution in [0.15, 0.2) is 6.20 Å². The summed E-state index contributed by atoms with van der Waals surface area (Å²) in [5.74, 6) is -0.406. The van der Waals surface area contributed by atoms with Gasteiger partial charge in [-0.1, -0.05) is 13.3 Å². The highest BCUT2D eigenvalue weighted by Crippen LogP contribution is 2.11. The highest BCUT2D eigenvalue weighted by molar-refractivity contribution is 6.28. The van der Waals surface area contributed by atoms with Gasteiger partial charge in [-0.2, -0.15) is 4.98 Å². The van der Waals surface area contributed by atoms with Crippen LogP contribution in [0.25, 0.3) is 0 Å².